The molecule has 6 rings (SSSR count). The number of rotatable bonds is 10. The zero-order valence-electron chi connectivity index (χ0n) is 30.1. The lowest BCUT2D eigenvalue weighted by Gasteiger charge is -2.13. The number of Topliss-reactive ketones (excluding diaryl/α,β-unsaturated/α-hetero) is 2. The summed E-state index contributed by atoms with van der Waals surface area (Å²) in [6.07, 6.45) is -4.14. The third kappa shape index (κ3) is 9.22. The molecule has 0 saturated heterocycles. The summed E-state index contributed by atoms with van der Waals surface area (Å²) in [7, 11) is 2.96. The third-order valence-corrected chi connectivity index (χ3v) is 8.75. The van der Waals surface area contributed by atoms with Gasteiger partial charge in [0.05, 0.1) is 36.9 Å². The van der Waals surface area contributed by atoms with Gasteiger partial charge in [0.2, 0.25) is 0 Å². The van der Waals surface area contributed by atoms with Gasteiger partial charge < -0.3 is 9.47 Å². The Labute approximate surface area is 310 Å². The van der Waals surface area contributed by atoms with Crippen LogP contribution in [0.3, 0.4) is 0 Å². The second-order valence-corrected chi connectivity index (χ2v) is 12.9. The molecule has 0 aliphatic rings. The lowest BCUT2D eigenvalue weighted by Crippen LogP contribution is -2.14. The van der Waals surface area contributed by atoms with E-state index in [0.29, 0.717) is 28.3 Å². The van der Waals surface area contributed by atoms with Crippen LogP contribution in [-0.4, -0.2) is 45.3 Å². The van der Waals surface area contributed by atoms with Gasteiger partial charge >= 0.3 is 6.18 Å². The van der Waals surface area contributed by atoms with E-state index < -0.39 is 11.9 Å². The van der Waals surface area contributed by atoms with Crippen molar-refractivity contribution in [3.8, 4) is 22.9 Å². The SMILES string of the molecule is COc1cc(-n2nc(C)cc2C(F)(F)F)ccc1C(=O)Cc1ccccc1Cl.COc1cc(C(=O)Cc2ccc(C)cc2)ccc1-n1nc(C)cc1C. The molecule has 0 amide bonds. The van der Waals surface area contributed by atoms with E-state index in [1.807, 2.05) is 67.9 Å². The Morgan fingerprint density at radius 3 is 2.00 bits per heavy atom. The van der Waals surface area contributed by atoms with E-state index in [1.54, 1.807) is 37.4 Å². The predicted octanol–water partition coefficient (Wildman–Crippen LogP) is 9.52. The van der Waals surface area contributed by atoms with Gasteiger partial charge in [-0.05, 0) is 87.4 Å². The van der Waals surface area contributed by atoms with Crippen LogP contribution >= 0.6 is 11.6 Å². The van der Waals surface area contributed by atoms with E-state index in [9.17, 15) is 22.8 Å². The molecule has 4 aromatic carbocycles. The fourth-order valence-electron chi connectivity index (χ4n) is 5.74. The smallest absolute Gasteiger partial charge is 0.433 e. The van der Waals surface area contributed by atoms with Crippen LogP contribution in [0.4, 0.5) is 13.2 Å². The highest BCUT2D eigenvalue weighted by Crippen LogP contribution is 2.33. The minimum Gasteiger partial charge on any atom is -0.496 e. The summed E-state index contributed by atoms with van der Waals surface area (Å²) in [6, 6.07) is 27.7. The Morgan fingerprint density at radius 2 is 1.38 bits per heavy atom. The number of hydrogen-bond acceptors (Lipinski definition) is 6. The number of aromatic nitrogens is 4. The van der Waals surface area contributed by atoms with Crippen LogP contribution in [0.25, 0.3) is 11.4 Å². The number of nitrogens with zero attached hydrogens (tertiary/aromatic N) is 4. The van der Waals surface area contributed by atoms with Gasteiger partial charge in [-0.15, -0.1) is 0 Å². The quantitative estimate of drug-likeness (QED) is 0.130. The number of methoxy groups -OCH3 is 2. The average Bonchev–Trinajstić information content (AvgIpc) is 3.70. The number of carbonyl (C=O) groups is 2. The number of halogens is 4. The number of aryl methyl sites for hydroxylation is 4. The van der Waals surface area contributed by atoms with Gasteiger partial charge in [0.15, 0.2) is 11.6 Å². The predicted molar refractivity (Wildman–Crippen MR) is 198 cm³/mol. The van der Waals surface area contributed by atoms with E-state index in [-0.39, 0.29) is 40.7 Å². The summed E-state index contributed by atoms with van der Waals surface area (Å²) < 4.78 is 53.2. The minimum atomic E-state index is -4.56. The summed E-state index contributed by atoms with van der Waals surface area (Å²) >= 11 is 6.10. The maximum atomic E-state index is 13.3. The molecule has 2 aromatic heterocycles. The number of hydrogen-bond donors (Lipinski definition) is 0. The van der Waals surface area contributed by atoms with E-state index in [1.165, 1.54) is 37.8 Å². The molecule has 8 nitrogen and oxygen atoms in total. The van der Waals surface area contributed by atoms with Crippen molar-refractivity contribution in [2.75, 3.05) is 14.2 Å². The normalized spacial score (nSPS) is 11.1. The van der Waals surface area contributed by atoms with Crippen LogP contribution in [0.5, 0.6) is 11.5 Å². The van der Waals surface area contributed by atoms with Gasteiger partial charge in [0.1, 0.15) is 22.9 Å². The Kier molecular flexibility index (Phi) is 11.9. The highest BCUT2D eigenvalue weighted by atomic mass is 35.5. The molecule has 0 N–H and O–H groups in total. The Balaban J connectivity index is 0.000000206. The molecule has 12 heteroatoms. The number of carbonyl (C=O) groups excluding carboxylic acids is 2. The first-order chi connectivity index (χ1) is 25.2. The zero-order valence-corrected chi connectivity index (χ0v) is 30.8. The molecule has 0 aliphatic carbocycles. The standard InChI is InChI=1S/C21H22N2O2.C20H16ClF3N2O2/c1-14-5-7-17(8-6-14)12-20(24)18-9-10-19(21(13-18)25-4)23-16(3)11-15(2)22-23;1-12-9-19(20(22,23)24)26(25-12)14-7-8-15(18(11-14)28-2)17(27)10-13-5-3-4-6-16(13)21/h5-11,13H,12H2,1-4H3;3-9,11H,10H2,1-2H3. The Hall–Kier alpha value is -5.68. The zero-order chi connectivity index (χ0) is 38.4. The maximum absolute atomic E-state index is 13.3. The topological polar surface area (TPSA) is 88.2 Å². The number of benzene rings is 4. The number of ketones is 2. The fourth-order valence-corrected chi connectivity index (χ4v) is 5.94. The fraction of sp³-hybridized carbons (Fsp3) is 0.220. The highest BCUT2D eigenvalue weighted by molar-refractivity contribution is 6.31. The first-order valence-corrected chi connectivity index (χ1v) is 17.0. The second-order valence-electron chi connectivity index (χ2n) is 12.5. The van der Waals surface area contributed by atoms with Crippen molar-refractivity contribution in [3.05, 3.63) is 153 Å². The van der Waals surface area contributed by atoms with Crippen molar-refractivity contribution in [1.82, 2.24) is 19.6 Å². The first-order valence-electron chi connectivity index (χ1n) is 16.6. The molecule has 53 heavy (non-hydrogen) atoms. The first kappa shape index (κ1) is 38.5. The molecule has 0 spiro atoms. The van der Waals surface area contributed by atoms with Gasteiger partial charge in [0, 0.05) is 35.2 Å². The third-order valence-electron chi connectivity index (χ3n) is 8.39. The minimum absolute atomic E-state index is 0.0457. The van der Waals surface area contributed by atoms with Crippen molar-refractivity contribution >= 4 is 23.2 Å². The molecule has 2 heterocycles. The molecule has 0 radical (unpaired) electrons. The summed E-state index contributed by atoms with van der Waals surface area (Å²) in [6.45, 7) is 7.46. The second kappa shape index (κ2) is 16.3. The Morgan fingerprint density at radius 1 is 0.717 bits per heavy atom. The van der Waals surface area contributed by atoms with Gasteiger partial charge in [-0.1, -0.05) is 59.6 Å². The van der Waals surface area contributed by atoms with Crippen molar-refractivity contribution in [2.24, 2.45) is 0 Å². The van der Waals surface area contributed by atoms with Crippen LogP contribution in [-0.2, 0) is 19.0 Å². The van der Waals surface area contributed by atoms with E-state index in [0.717, 1.165) is 33.4 Å². The number of alkyl halides is 3. The summed E-state index contributed by atoms with van der Waals surface area (Å²) in [5.41, 5.74) is 6.02. The summed E-state index contributed by atoms with van der Waals surface area (Å²) in [5.74, 6) is 0.614. The molecule has 0 bridgehead atoms. The van der Waals surface area contributed by atoms with E-state index in [4.69, 9.17) is 21.1 Å². The van der Waals surface area contributed by atoms with Crippen LogP contribution in [0.2, 0.25) is 5.02 Å². The van der Waals surface area contributed by atoms with Crippen LogP contribution < -0.4 is 9.47 Å². The molecule has 0 unspecified atom stereocenters. The lowest BCUT2D eigenvalue weighted by atomic mass is 10.0. The molecule has 274 valence electrons. The van der Waals surface area contributed by atoms with E-state index in [2.05, 4.69) is 10.2 Å². The maximum Gasteiger partial charge on any atom is 0.433 e. The monoisotopic (exact) mass is 742 g/mol. The largest absolute Gasteiger partial charge is 0.496 e. The number of ether oxygens (including phenoxy) is 2. The summed E-state index contributed by atoms with van der Waals surface area (Å²) in [4.78, 5) is 25.3. The van der Waals surface area contributed by atoms with Crippen molar-refractivity contribution in [2.45, 2.75) is 46.7 Å². The van der Waals surface area contributed by atoms with Crippen LogP contribution in [0.1, 0.15) is 60.2 Å². The van der Waals surface area contributed by atoms with Crippen LogP contribution in [0.15, 0.2) is 97.1 Å². The lowest BCUT2D eigenvalue weighted by molar-refractivity contribution is -0.142. The van der Waals surface area contributed by atoms with E-state index >= 15 is 0 Å². The van der Waals surface area contributed by atoms with Crippen molar-refractivity contribution < 1.29 is 32.2 Å². The van der Waals surface area contributed by atoms with Crippen LogP contribution in [0, 0.1) is 27.7 Å². The summed E-state index contributed by atoms with van der Waals surface area (Å²) in [5, 5.41) is 8.87. The molecule has 6 aromatic rings. The molecular weight excluding hydrogens is 705 g/mol. The Bertz CT molecular complexity index is 2260. The van der Waals surface area contributed by atoms with Gasteiger partial charge in [-0.25, -0.2) is 9.36 Å². The molecular formula is C41H38ClF3N4O4. The van der Waals surface area contributed by atoms with Gasteiger partial charge in [-0.2, -0.15) is 23.4 Å². The van der Waals surface area contributed by atoms with Crippen molar-refractivity contribution in [3.63, 3.8) is 0 Å². The van der Waals surface area contributed by atoms with Gasteiger partial charge in [0.25, 0.3) is 0 Å². The molecule has 0 atom stereocenters. The van der Waals surface area contributed by atoms with Gasteiger partial charge in [-0.3, -0.25) is 9.59 Å². The highest BCUT2D eigenvalue weighted by Gasteiger charge is 2.36. The molecule has 0 fully saturated rings. The molecule has 0 saturated carbocycles. The molecule has 0 aliphatic heterocycles. The average molecular weight is 743 g/mol. The van der Waals surface area contributed by atoms with Crippen molar-refractivity contribution in [1.29, 1.82) is 0 Å².